The third-order valence-electron chi connectivity index (χ3n) is 7.14. The van der Waals surface area contributed by atoms with Gasteiger partial charge in [0.25, 0.3) is 0 Å². The van der Waals surface area contributed by atoms with Crippen molar-refractivity contribution in [2.24, 2.45) is 34.5 Å². The average molecular weight is 232 g/mol. The summed E-state index contributed by atoms with van der Waals surface area (Å²) in [5.74, 6) is 3.15. The van der Waals surface area contributed by atoms with Crippen molar-refractivity contribution in [3.8, 4) is 0 Å². The summed E-state index contributed by atoms with van der Waals surface area (Å²) in [6.07, 6.45) is 5.40. The van der Waals surface area contributed by atoms with Gasteiger partial charge < -0.3 is 4.74 Å². The van der Waals surface area contributed by atoms with Crippen LogP contribution >= 0.6 is 0 Å². The maximum atomic E-state index is 6.19. The van der Waals surface area contributed by atoms with Crippen LogP contribution in [-0.2, 0) is 4.74 Å². The van der Waals surface area contributed by atoms with E-state index in [-0.39, 0.29) is 5.60 Å². The lowest BCUT2D eigenvalue weighted by Crippen LogP contribution is -2.34. The molecule has 0 N–H and O–H groups in total. The smallest absolute Gasteiger partial charge is 0.0885 e. The third-order valence-corrected chi connectivity index (χ3v) is 7.14. The highest BCUT2D eigenvalue weighted by Crippen LogP contribution is 2.91. The summed E-state index contributed by atoms with van der Waals surface area (Å²) in [6.45, 7) is 9.79. The Morgan fingerprint density at radius 2 is 2.00 bits per heavy atom. The van der Waals surface area contributed by atoms with Crippen molar-refractivity contribution in [2.75, 3.05) is 7.11 Å². The molecule has 6 atom stereocenters. The molecule has 0 bridgehead atoms. The molecule has 1 spiro atoms. The highest BCUT2D eigenvalue weighted by atomic mass is 16.5. The van der Waals surface area contributed by atoms with Gasteiger partial charge in [-0.25, -0.2) is 0 Å². The number of rotatable bonds is 1. The van der Waals surface area contributed by atoms with E-state index in [1.807, 2.05) is 7.11 Å². The van der Waals surface area contributed by atoms with E-state index in [1.54, 1.807) is 5.57 Å². The first-order valence-corrected chi connectivity index (χ1v) is 7.19. The minimum Gasteiger partial charge on any atom is -0.376 e. The zero-order valence-corrected chi connectivity index (χ0v) is 11.7. The van der Waals surface area contributed by atoms with E-state index < -0.39 is 0 Å². The molecule has 0 aliphatic heterocycles. The van der Waals surface area contributed by atoms with Gasteiger partial charge in [0.2, 0.25) is 0 Å². The van der Waals surface area contributed by atoms with Gasteiger partial charge in [0.1, 0.15) is 0 Å². The molecular formula is C16H24O. The molecule has 1 heteroatoms. The van der Waals surface area contributed by atoms with Crippen LogP contribution in [0.3, 0.4) is 0 Å². The SMILES string of the molecule is COC12[C@H]3C(C)=C[C@@H]1[C@@]21[C@H](C)CC[C@H]1C3(C)C. The van der Waals surface area contributed by atoms with E-state index in [2.05, 4.69) is 33.8 Å². The molecule has 0 heterocycles. The van der Waals surface area contributed by atoms with Crippen molar-refractivity contribution < 1.29 is 4.74 Å². The predicted octanol–water partition coefficient (Wildman–Crippen LogP) is 3.65. The summed E-state index contributed by atoms with van der Waals surface area (Å²) in [5.41, 5.74) is 2.75. The molecule has 1 unspecified atom stereocenters. The van der Waals surface area contributed by atoms with Crippen molar-refractivity contribution >= 4 is 0 Å². The fourth-order valence-electron chi connectivity index (χ4n) is 7.10. The van der Waals surface area contributed by atoms with E-state index in [0.717, 1.165) is 17.8 Å². The Morgan fingerprint density at radius 1 is 1.29 bits per heavy atom. The molecule has 4 aliphatic carbocycles. The topological polar surface area (TPSA) is 9.23 Å². The Balaban J connectivity index is 1.97. The zero-order chi connectivity index (χ0) is 12.2. The summed E-state index contributed by atoms with van der Waals surface area (Å²) in [4.78, 5) is 0. The van der Waals surface area contributed by atoms with Gasteiger partial charge >= 0.3 is 0 Å². The zero-order valence-electron chi connectivity index (χ0n) is 11.7. The Kier molecular flexibility index (Phi) is 1.57. The van der Waals surface area contributed by atoms with Crippen molar-refractivity contribution in [1.82, 2.24) is 0 Å². The van der Waals surface area contributed by atoms with Gasteiger partial charge in [-0.05, 0) is 37.0 Å². The van der Waals surface area contributed by atoms with Gasteiger partial charge in [0.05, 0.1) is 5.60 Å². The number of hydrogen-bond acceptors (Lipinski definition) is 1. The Morgan fingerprint density at radius 3 is 2.65 bits per heavy atom. The Bertz CT molecular complexity index is 435. The Hall–Kier alpha value is -0.300. The van der Waals surface area contributed by atoms with Gasteiger partial charge in [-0.15, -0.1) is 0 Å². The van der Waals surface area contributed by atoms with Crippen LogP contribution in [0.1, 0.15) is 40.5 Å². The first kappa shape index (κ1) is 10.6. The number of hydrogen-bond donors (Lipinski definition) is 0. The normalized spacial score (nSPS) is 61.1. The molecule has 4 aliphatic rings. The predicted molar refractivity (Wildman–Crippen MR) is 68.6 cm³/mol. The van der Waals surface area contributed by atoms with Crippen molar-refractivity contribution in [1.29, 1.82) is 0 Å². The van der Waals surface area contributed by atoms with Crippen LogP contribution < -0.4 is 0 Å². The summed E-state index contributed by atoms with van der Waals surface area (Å²) < 4.78 is 6.19. The lowest BCUT2D eigenvalue weighted by Gasteiger charge is -2.36. The molecule has 3 fully saturated rings. The quantitative estimate of drug-likeness (QED) is 0.627. The third kappa shape index (κ3) is 0.704. The standard InChI is InChI=1S/C16H24O/c1-9-8-12-15-10(2)6-7-11(15)14(3,4)13(9)16(12,15)17-5/h8,10-13H,6-7H2,1-5H3/t10-,11+,12-,13+,15+,16?/m1/s1. The fourth-order valence-corrected chi connectivity index (χ4v) is 7.10. The van der Waals surface area contributed by atoms with Crippen LogP contribution in [0.15, 0.2) is 11.6 Å². The summed E-state index contributed by atoms with van der Waals surface area (Å²) in [5, 5.41) is 0. The second-order valence-corrected chi connectivity index (χ2v) is 7.60. The van der Waals surface area contributed by atoms with Crippen LogP contribution in [0, 0.1) is 34.5 Å². The molecule has 0 saturated heterocycles. The largest absolute Gasteiger partial charge is 0.376 e. The van der Waals surface area contributed by atoms with Gasteiger partial charge in [-0.2, -0.15) is 0 Å². The maximum absolute atomic E-state index is 6.19. The van der Waals surface area contributed by atoms with Crippen LogP contribution in [0.4, 0.5) is 0 Å². The molecular weight excluding hydrogens is 208 g/mol. The highest BCUT2D eigenvalue weighted by molar-refractivity contribution is 5.51. The molecule has 0 aromatic rings. The number of ether oxygens (including phenoxy) is 1. The molecule has 0 amide bonds. The molecule has 0 aromatic heterocycles. The maximum Gasteiger partial charge on any atom is 0.0885 e. The van der Waals surface area contributed by atoms with Crippen molar-refractivity contribution in [3.05, 3.63) is 11.6 Å². The summed E-state index contributed by atoms with van der Waals surface area (Å²) >= 11 is 0. The lowest BCUT2D eigenvalue weighted by atomic mass is 9.68. The molecule has 4 rings (SSSR count). The lowest BCUT2D eigenvalue weighted by molar-refractivity contribution is 0.00365. The molecule has 3 saturated carbocycles. The molecule has 1 nitrogen and oxygen atoms in total. The van der Waals surface area contributed by atoms with Gasteiger partial charge in [0, 0.05) is 24.4 Å². The summed E-state index contributed by atoms with van der Waals surface area (Å²) in [7, 11) is 1.96. The minimum absolute atomic E-state index is 0.196. The van der Waals surface area contributed by atoms with Crippen molar-refractivity contribution in [2.45, 2.75) is 46.1 Å². The van der Waals surface area contributed by atoms with Crippen LogP contribution in [0.2, 0.25) is 0 Å². The van der Waals surface area contributed by atoms with E-state index in [4.69, 9.17) is 4.74 Å². The number of methoxy groups -OCH3 is 1. The first-order chi connectivity index (χ1) is 7.95. The molecule has 94 valence electrons. The van der Waals surface area contributed by atoms with Crippen LogP contribution in [-0.4, -0.2) is 12.7 Å². The Labute approximate surface area is 105 Å². The van der Waals surface area contributed by atoms with E-state index >= 15 is 0 Å². The highest BCUT2D eigenvalue weighted by Gasteiger charge is 2.93. The molecule has 0 radical (unpaired) electrons. The van der Waals surface area contributed by atoms with E-state index in [0.29, 0.717) is 16.7 Å². The second-order valence-electron chi connectivity index (χ2n) is 7.60. The van der Waals surface area contributed by atoms with Gasteiger partial charge in [-0.1, -0.05) is 32.4 Å². The van der Waals surface area contributed by atoms with E-state index in [9.17, 15) is 0 Å². The fraction of sp³-hybridized carbons (Fsp3) is 0.875. The first-order valence-electron chi connectivity index (χ1n) is 7.19. The molecule has 0 aromatic carbocycles. The average Bonchev–Trinajstić information content (AvgIpc) is 2.56. The van der Waals surface area contributed by atoms with Gasteiger partial charge in [-0.3, -0.25) is 0 Å². The monoisotopic (exact) mass is 232 g/mol. The van der Waals surface area contributed by atoms with Crippen molar-refractivity contribution in [3.63, 3.8) is 0 Å². The molecule has 17 heavy (non-hydrogen) atoms. The second kappa shape index (κ2) is 2.52. The van der Waals surface area contributed by atoms with E-state index in [1.165, 1.54) is 12.8 Å². The van der Waals surface area contributed by atoms with Gasteiger partial charge in [0.15, 0.2) is 0 Å². The minimum atomic E-state index is 0.196. The summed E-state index contributed by atoms with van der Waals surface area (Å²) in [6, 6.07) is 0. The van der Waals surface area contributed by atoms with Crippen LogP contribution in [0.5, 0.6) is 0 Å². The van der Waals surface area contributed by atoms with Crippen LogP contribution in [0.25, 0.3) is 0 Å².